The largest absolute Gasteiger partial charge is 0.326 e. The van der Waals surface area contributed by atoms with Crippen LogP contribution in [0.3, 0.4) is 0 Å². The van der Waals surface area contributed by atoms with Crippen molar-refractivity contribution in [2.45, 2.75) is 33.2 Å². The summed E-state index contributed by atoms with van der Waals surface area (Å²) in [6, 6.07) is 12.7. The number of carbonyl (C=O) groups excluding carboxylic acids is 2. The molecule has 0 unspecified atom stereocenters. The molecular weight excluding hydrogens is 378 g/mol. The molecule has 0 aliphatic carbocycles. The average Bonchev–Trinajstić information content (AvgIpc) is 2.60. The predicted molar refractivity (Wildman–Crippen MR) is 112 cm³/mol. The number of rotatable bonds is 7. The van der Waals surface area contributed by atoms with E-state index in [9.17, 15) is 18.0 Å². The summed E-state index contributed by atoms with van der Waals surface area (Å²) in [5.74, 6) is -0.620. The van der Waals surface area contributed by atoms with Gasteiger partial charge in [0.2, 0.25) is 21.8 Å². The molecule has 2 N–H and O–H groups in total. The standard InChI is InChI=1S/C20H25N3O4S/c1-5-19(23(28(4,26)27)18-12-6-14(2)7-13-18)20(25)22-17-10-8-16(9-11-17)21-15(3)24/h6-13,19H,5H2,1-4H3,(H,21,24)(H,22,25)/t19-/m1/s1. The zero-order valence-electron chi connectivity index (χ0n) is 16.4. The zero-order chi connectivity index (χ0) is 20.9. The number of nitrogens with zero attached hydrogens (tertiary/aromatic N) is 1. The van der Waals surface area contributed by atoms with Crippen LogP contribution < -0.4 is 14.9 Å². The smallest absolute Gasteiger partial charge is 0.248 e. The molecule has 0 bridgehead atoms. The summed E-state index contributed by atoms with van der Waals surface area (Å²) in [6.45, 7) is 5.08. The highest BCUT2D eigenvalue weighted by Crippen LogP contribution is 2.24. The number of hydrogen-bond donors (Lipinski definition) is 2. The molecule has 0 saturated heterocycles. The first-order chi connectivity index (χ1) is 13.1. The quantitative estimate of drug-likeness (QED) is 0.742. The Morgan fingerprint density at radius 2 is 1.46 bits per heavy atom. The molecule has 7 nitrogen and oxygen atoms in total. The SMILES string of the molecule is CC[C@H](C(=O)Nc1ccc(NC(C)=O)cc1)N(c1ccc(C)cc1)S(C)(=O)=O. The maximum atomic E-state index is 12.8. The van der Waals surface area contributed by atoms with Gasteiger partial charge >= 0.3 is 0 Å². The lowest BCUT2D eigenvalue weighted by molar-refractivity contribution is -0.117. The third-order valence-corrected chi connectivity index (χ3v) is 5.27. The third kappa shape index (κ3) is 5.56. The summed E-state index contributed by atoms with van der Waals surface area (Å²) in [6.07, 6.45) is 1.39. The first-order valence-corrected chi connectivity index (χ1v) is 10.7. The van der Waals surface area contributed by atoms with Gasteiger partial charge in [-0.2, -0.15) is 0 Å². The van der Waals surface area contributed by atoms with Crippen molar-refractivity contribution in [1.29, 1.82) is 0 Å². The van der Waals surface area contributed by atoms with Gasteiger partial charge in [-0.15, -0.1) is 0 Å². The van der Waals surface area contributed by atoms with Gasteiger partial charge in [0.05, 0.1) is 11.9 Å². The van der Waals surface area contributed by atoms with E-state index in [1.165, 1.54) is 6.92 Å². The summed E-state index contributed by atoms with van der Waals surface area (Å²) in [4.78, 5) is 23.9. The second kappa shape index (κ2) is 8.88. The molecular formula is C20H25N3O4S. The Hall–Kier alpha value is -2.87. The second-order valence-electron chi connectivity index (χ2n) is 6.57. The minimum absolute atomic E-state index is 0.190. The molecule has 2 amide bonds. The number of amides is 2. The molecule has 0 saturated carbocycles. The number of aryl methyl sites for hydroxylation is 1. The average molecular weight is 404 g/mol. The van der Waals surface area contributed by atoms with Crippen molar-refractivity contribution in [3.05, 3.63) is 54.1 Å². The van der Waals surface area contributed by atoms with E-state index in [1.54, 1.807) is 55.5 Å². The van der Waals surface area contributed by atoms with E-state index in [1.807, 2.05) is 6.92 Å². The Morgan fingerprint density at radius 1 is 0.964 bits per heavy atom. The Morgan fingerprint density at radius 3 is 1.89 bits per heavy atom. The number of anilines is 3. The number of sulfonamides is 1. The van der Waals surface area contributed by atoms with E-state index < -0.39 is 22.0 Å². The van der Waals surface area contributed by atoms with Crippen LogP contribution in [0.4, 0.5) is 17.1 Å². The monoisotopic (exact) mass is 403 g/mol. The Balaban J connectivity index is 2.26. The van der Waals surface area contributed by atoms with Crippen LogP contribution in [0.25, 0.3) is 0 Å². The van der Waals surface area contributed by atoms with Crippen molar-refractivity contribution in [2.24, 2.45) is 0 Å². The van der Waals surface area contributed by atoms with E-state index in [4.69, 9.17) is 0 Å². The molecule has 0 aliphatic rings. The normalized spacial score (nSPS) is 12.1. The molecule has 0 aliphatic heterocycles. The van der Waals surface area contributed by atoms with Crippen LogP contribution in [-0.2, 0) is 19.6 Å². The minimum Gasteiger partial charge on any atom is -0.326 e. The molecule has 0 spiro atoms. The molecule has 28 heavy (non-hydrogen) atoms. The molecule has 2 aromatic rings. The maximum Gasteiger partial charge on any atom is 0.248 e. The third-order valence-electron chi connectivity index (χ3n) is 4.09. The van der Waals surface area contributed by atoms with Crippen molar-refractivity contribution < 1.29 is 18.0 Å². The minimum atomic E-state index is -3.67. The second-order valence-corrected chi connectivity index (χ2v) is 8.43. The van der Waals surface area contributed by atoms with Gasteiger partial charge in [0.25, 0.3) is 0 Å². The lowest BCUT2D eigenvalue weighted by Gasteiger charge is -2.30. The number of hydrogen-bond acceptors (Lipinski definition) is 4. The summed E-state index contributed by atoms with van der Waals surface area (Å²) in [5, 5.41) is 5.39. The molecule has 150 valence electrons. The van der Waals surface area contributed by atoms with E-state index in [0.29, 0.717) is 23.5 Å². The predicted octanol–water partition coefficient (Wildman–Crippen LogP) is 3.14. The van der Waals surface area contributed by atoms with Crippen molar-refractivity contribution in [2.75, 3.05) is 21.2 Å². The van der Waals surface area contributed by atoms with Crippen molar-refractivity contribution in [3.8, 4) is 0 Å². The topological polar surface area (TPSA) is 95.6 Å². The molecule has 0 aromatic heterocycles. The Bertz CT molecular complexity index is 938. The molecule has 1 atom stereocenters. The first kappa shape index (κ1) is 21.4. The van der Waals surface area contributed by atoms with Gasteiger partial charge in [0, 0.05) is 18.3 Å². The van der Waals surface area contributed by atoms with E-state index in [-0.39, 0.29) is 5.91 Å². The highest BCUT2D eigenvalue weighted by Gasteiger charge is 2.31. The fourth-order valence-corrected chi connectivity index (χ4v) is 4.03. The summed E-state index contributed by atoms with van der Waals surface area (Å²) in [5.41, 5.74) is 2.55. The molecule has 0 radical (unpaired) electrons. The van der Waals surface area contributed by atoms with Gasteiger partial charge in [-0.1, -0.05) is 24.6 Å². The Labute approximate surface area is 165 Å². The van der Waals surface area contributed by atoms with Crippen molar-refractivity contribution in [3.63, 3.8) is 0 Å². The molecule has 2 aromatic carbocycles. The van der Waals surface area contributed by atoms with Crippen LogP contribution in [-0.4, -0.2) is 32.5 Å². The van der Waals surface area contributed by atoms with Crippen LogP contribution in [0.5, 0.6) is 0 Å². The molecule has 8 heteroatoms. The highest BCUT2D eigenvalue weighted by molar-refractivity contribution is 7.92. The van der Waals surface area contributed by atoms with Crippen molar-refractivity contribution >= 4 is 38.9 Å². The van der Waals surface area contributed by atoms with Crippen LogP contribution in [0.15, 0.2) is 48.5 Å². The van der Waals surface area contributed by atoms with Crippen molar-refractivity contribution in [1.82, 2.24) is 0 Å². The molecule has 0 heterocycles. The van der Waals surface area contributed by atoms with E-state index >= 15 is 0 Å². The molecule has 0 fully saturated rings. The maximum absolute atomic E-state index is 12.8. The summed E-state index contributed by atoms with van der Waals surface area (Å²) in [7, 11) is -3.67. The summed E-state index contributed by atoms with van der Waals surface area (Å²) < 4.78 is 26.0. The van der Waals surface area contributed by atoms with E-state index in [0.717, 1.165) is 16.1 Å². The van der Waals surface area contributed by atoms with Gasteiger partial charge < -0.3 is 10.6 Å². The van der Waals surface area contributed by atoms with Crippen LogP contribution in [0, 0.1) is 6.92 Å². The lowest BCUT2D eigenvalue weighted by Crippen LogP contribution is -2.47. The Kier molecular flexibility index (Phi) is 6.80. The number of carbonyl (C=O) groups is 2. The molecule has 2 rings (SSSR count). The van der Waals surface area contributed by atoms with Gasteiger partial charge in [0.1, 0.15) is 6.04 Å². The number of benzene rings is 2. The van der Waals surface area contributed by atoms with Gasteiger partial charge in [-0.25, -0.2) is 8.42 Å². The van der Waals surface area contributed by atoms with Crippen LogP contribution in [0.1, 0.15) is 25.8 Å². The number of nitrogens with one attached hydrogen (secondary N) is 2. The zero-order valence-corrected chi connectivity index (χ0v) is 17.2. The van der Waals surface area contributed by atoms with E-state index in [2.05, 4.69) is 10.6 Å². The summed E-state index contributed by atoms with van der Waals surface area (Å²) >= 11 is 0. The van der Waals surface area contributed by atoms with Gasteiger partial charge in [-0.3, -0.25) is 13.9 Å². The fraction of sp³-hybridized carbons (Fsp3) is 0.300. The van der Waals surface area contributed by atoms with Crippen LogP contribution >= 0.6 is 0 Å². The van der Waals surface area contributed by atoms with Gasteiger partial charge in [-0.05, 0) is 49.7 Å². The fourth-order valence-electron chi connectivity index (χ4n) is 2.82. The first-order valence-electron chi connectivity index (χ1n) is 8.86. The highest BCUT2D eigenvalue weighted by atomic mass is 32.2. The lowest BCUT2D eigenvalue weighted by atomic mass is 10.1. The van der Waals surface area contributed by atoms with Crippen LogP contribution in [0.2, 0.25) is 0 Å². The van der Waals surface area contributed by atoms with Gasteiger partial charge in [0.15, 0.2) is 0 Å².